The Hall–Kier alpha value is -1.17. The minimum Gasteiger partial charge on any atom is -0.385 e. The van der Waals surface area contributed by atoms with Crippen LogP contribution in [0, 0.1) is 0 Å². The predicted molar refractivity (Wildman–Crippen MR) is 81.8 cm³/mol. The fourth-order valence-electron chi connectivity index (χ4n) is 2.81. The van der Waals surface area contributed by atoms with Crippen LogP contribution in [0.15, 0.2) is 18.2 Å². The topological polar surface area (TPSA) is 36.5 Å². The van der Waals surface area contributed by atoms with Crippen LogP contribution >= 0.6 is 0 Å². The number of ether oxygens (including phenoxy) is 1. The van der Waals surface area contributed by atoms with Crippen molar-refractivity contribution in [2.24, 2.45) is 0 Å². The molecule has 1 fully saturated rings. The Balaban J connectivity index is 1.73. The summed E-state index contributed by atoms with van der Waals surface area (Å²) < 4.78 is 19.1. The van der Waals surface area contributed by atoms with Gasteiger partial charge in [0.1, 0.15) is 0 Å². The molecule has 2 atom stereocenters. The van der Waals surface area contributed by atoms with Gasteiger partial charge in [0.2, 0.25) is 0 Å². The Labute approximate surface area is 125 Å². The molecule has 1 heterocycles. The molecule has 2 unspecified atom stereocenters. The summed E-state index contributed by atoms with van der Waals surface area (Å²) in [6.07, 6.45) is 2.30. The van der Waals surface area contributed by atoms with Crippen LogP contribution in [-0.4, -0.2) is 26.3 Å². The van der Waals surface area contributed by atoms with Crippen LogP contribution in [0.4, 0.5) is 10.1 Å². The number of fused-ring (bicyclic) bond motifs is 1. The lowest BCUT2D eigenvalue weighted by Gasteiger charge is -2.21. The molecule has 2 N–H and O–H groups in total. The van der Waals surface area contributed by atoms with E-state index in [0.29, 0.717) is 18.7 Å². The van der Waals surface area contributed by atoms with E-state index in [1.807, 2.05) is 17.1 Å². The Bertz CT molecular complexity index is 492. The molecule has 0 radical (unpaired) electrons. The molecule has 1 saturated carbocycles. The van der Waals surface area contributed by atoms with Gasteiger partial charge in [-0.05, 0) is 37.8 Å². The Morgan fingerprint density at radius 2 is 2.29 bits per heavy atom. The summed E-state index contributed by atoms with van der Waals surface area (Å²) in [6.45, 7) is 3.60. The first-order chi connectivity index (χ1) is 10.2. The minimum atomic E-state index is -1.11. The SMILES string of the molecule is COCCCN1NC(F)c2ccc(C(C)NC3CC3)cc21. The summed E-state index contributed by atoms with van der Waals surface area (Å²) in [6, 6.07) is 7.02. The quantitative estimate of drug-likeness (QED) is 0.599. The van der Waals surface area contributed by atoms with Gasteiger partial charge in [-0.3, -0.25) is 0 Å². The van der Waals surface area contributed by atoms with Crippen molar-refractivity contribution >= 4 is 5.69 Å². The van der Waals surface area contributed by atoms with Crippen LogP contribution in [0.1, 0.15) is 49.7 Å². The van der Waals surface area contributed by atoms with Gasteiger partial charge in [0, 0.05) is 37.9 Å². The fourth-order valence-corrected chi connectivity index (χ4v) is 2.81. The number of nitrogens with zero attached hydrogens (tertiary/aromatic N) is 1. The lowest BCUT2D eigenvalue weighted by Crippen LogP contribution is -2.34. The first kappa shape index (κ1) is 14.8. The van der Waals surface area contributed by atoms with E-state index in [-0.39, 0.29) is 0 Å². The average Bonchev–Trinajstić information content (AvgIpc) is 3.24. The zero-order chi connectivity index (χ0) is 14.8. The van der Waals surface area contributed by atoms with E-state index in [0.717, 1.165) is 24.2 Å². The van der Waals surface area contributed by atoms with Crippen LogP contribution in [0.2, 0.25) is 0 Å². The number of alkyl halides is 1. The van der Waals surface area contributed by atoms with E-state index in [1.54, 1.807) is 7.11 Å². The van der Waals surface area contributed by atoms with E-state index < -0.39 is 6.30 Å². The molecule has 0 amide bonds. The summed E-state index contributed by atoms with van der Waals surface area (Å²) in [7, 11) is 1.69. The Kier molecular flexibility index (Phi) is 4.42. The number of halogens is 1. The smallest absolute Gasteiger partial charge is 0.195 e. The van der Waals surface area contributed by atoms with Gasteiger partial charge in [-0.1, -0.05) is 12.1 Å². The number of rotatable bonds is 7. The van der Waals surface area contributed by atoms with E-state index in [4.69, 9.17) is 4.74 Å². The van der Waals surface area contributed by atoms with Crippen LogP contribution in [0.5, 0.6) is 0 Å². The van der Waals surface area contributed by atoms with Crippen molar-refractivity contribution in [1.82, 2.24) is 10.7 Å². The molecule has 2 aliphatic rings. The van der Waals surface area contributed by atoms with Crippen molar-refractivity contribution in [3.8, 4) is 0 Å². The first-order valence-electron chi connectivity index (χ1n) is 7.75. The van der Waals surface area contributed by atoms with Crippen molar-refractivity contribution in [1.29, 1.82) is 0 Å². The highest BCUT2D eigenvalue weighted by atomic mass is 19.1. The summed E-state index contributed by atoms with van der Waals surface area (Å²) in [5, 5.41) is 5.50. The number of hydrogen-bond acceptors (Lipinski definition) is 4. The summed E-state index contributed by atoms with van der Waals surface area (Å²) >= 11 is 0. The van der Waals surface area contributed by atoms with Crippen LogP contribution in [0.3, 0.4) is 0 Å². The molecule has 0 bridgehead atoms. The van der Waals surface area contributed by atoms with Gasteiger partial charge in [0.25, 0.3) is 0 Å². The monoisotopic (exact) mass is 293 g/mol. The molecule has 116 valence electrons. The molecule has 1 aliphatic carbocycles. The van der Waals surface area contributed by atoms with Crippen molar-refractivity contribution in [3.05, 3.63) is 29.3 Å². The summed E-state index contributed by atoms with van der Waals surface area (Å²) in [5.41, 5.74) is 5.79. The zero-order valence-corrected chi connectivity index (χ0v) is 12.7. The Morgan fingerprint density at radius 1 is 1.48 bits per heavy atom. The standard InChI is InChI=1S/C16H24FN3O/c1-11(18-13-5-6-13)12-4-7-14-15(10-12)20(19-16(14)17)8-3-9-21-2/h4,7,10-11,13,16,18-19H,3,5-6,8-9H2,1-2H3. The third kappa shape index (κ3) is 3.36. The molecule has 3 rings (SSSR count). The number of anilines is 1. The van der Waals surface area contributed by atoms with Gasteiger partial charge >= 0.3 is 0 Å². The number of methoxy groups -OCH3 is 1. The van der Waals surface area contributed by atoms with Gasteiger partial charge in [-0.25, -0.2) is 4.39 Å². The number of hydrazine groups is 1. The highest BCUT2D eigenvalue weighted by Crippen LogP contribution is 2.36. The van der Waals surface area contributed by atoms with Crippen LogP contribution < -0.4 is 15.8 Å². The van der Waals surface area contributed by atoms with Crippen LogP contribution in [-0.2, 0) is 4.74 Å². The van der Waals surface area contributed by atoms with E-state index >= 15 is 0 Å². The summed E-state index contributed by atoms with van der Waals surface area (Å²) in [5.74, 6) is 0. The van der Waals surface area contributed by atoms with E-state index in [2.05, 4.69) is 23.7 Å². The van der Waals surface area contributed by atoms with E-state index in [9.17, 15) is 4.39 Å². The average molecular weight is 293 g/mol. The maximum Gasteiger partial charge on any atom is 0.195 e. The highest BCUT2D eigenvalue weighted by molar-refractivity contribution is 5.59. The second kappa shape index (κ2) is 6.30. The van der Waals surface area contributed by atoms with Gasteiger partial charge < -0.3 is 15.1 Å². The fraction of sp³-hybridized carbons (Fsp3) is 0.625. The minimum absolute atomic E-state index is 0.308. The van der Waals surface area contributed by atoms with Crippen LogP contribution in [0.25, 0.3) is 0 Å². The largest absolute Gasteiger partial charge is 0.385 e. The molecular formula is C16H24FN3O. The van der Waals surface area contributed by atoms with Crippen molar-refractivity contribution < 1.29 is 9.13 Å². The molecule has 21 heavy (non-hydrogen) atoms. The third-order valence-corrected chi connectivity index (χ3v) is 4.18. The lowest BCUT2D eigenvalue weighted by molar-refractivity contribution is 0.194. The second-order valence-corrected chi connectivity index (χ2v) is 5.97. The highest BCUT2D eigenvalue weighted by Gasteiger charge is 2.29. The maximum absolute atomic E-state index is 14.0. The molecule has 5 heteroatoms. The lowest BCUT2D eigenvalue weighted by atomic mass is 10.0. The predicted octanol–water partition coefficient (Wildman–Crippen LogP) is 2.83. The van der Waals surface area contributed by atoms with Crippen molar-refractivity contribution in [3.63, 3.8) is 0 Å². The van der Waals surface area contributed by atoms with Gasteiger partial charge in [0.05, 0.1) is 5.69 Å². The summed E-state index contributed by atoms with van der Waals surface area (Å²) in [4.78, 5) is 0. The third-order valence-electron chi connectivity index (χ3n) is 4.18. The maximum atomic E-state index is 14.0. The van der Waals surface area contributed by atoms with E-state index in [1.165, 1.54) is 18.4 Å². The molecule has 0 spiro atoms. The second-order valence-electron chi connectivity index (χ2n) is 5.97. The normalized spacial score (nSPS) is 22.4. The number of nitrogens with one attached hydrogen (secondary N) is 2. The molecule has 1 aliphatic heterocycles. The zero-order valence-electron chi connectivity index (χ0n) is 12.7. The number of hydrogen-bond donors (Lipinski definition) is 2. The first-order valence-corrected chi connectivity index (χ1v) is 7.75. The number of benzene rings is 1. The molecule has 0 aromatic heterocycles. The van der Waals surface area contributed by atoms with Gasteiger partial charge in [0.15, 0.2) is 6.30 Å². The van der Waals surface area contributed by atoms with Crippen molar-refractivity contribution in [2.75, 3.05) is 25.3 Å². The molecule has 0 saturated heterocycles. The molecular weight excluding hydrogens is 269 g/mol. The van der Waals surface area contributed by atoms with Crippen molar-refractivity contribution in [2.45, 2.75) is 44.6 Å². The van der Waals surface area contributed by atoms with Gasteiger partial charge in [-0.2, -0.15) is 5.43 Å². The molecule has 4 nitrogen and oxygen atoms in total. The molecule has 1 aromatic rings. The molecule has 1 aromatic carbocycles. The van der Waals surface area contributed by atoms with Gasteiger partial charge in [-0.15, -0.1) is 0 Å². The Morgan fingerprint density at radius 3 is 3.00 bits per heavy atom.